The van der Waals surface area contributed by atoms with E-state index in [1.807, 2.05) is 18.2 Å². The molecule has 0 saturated heterocycles. The van der Waals surface area contributed by atoms with E-state index < -0.39 is 0 Å². The molecule has 3 nitrogen and oxygen atoms in total. The lowest BCUT2D eigenvalue weighted by Crippen LogP contribution is -2.15. The van der Waals surface area contributed by atoms with Crippen LogP contribution in [0.2, 0.25) is 0 Å². The molecule has 1 aliphatic heterocycles. The predicted octanol–water partition coefficient (Wildman–Crippen LogP) is 3.10. The number of aryl methyl sites for hydroxylation is 1. The van der Waals surface area contributed by atoms with Crippen molar-refractivity contribution in [2.45, 2.75) is 13.3 Å². The van der Waals surface area contributed by atoms with Crippen LogP contribution >= 0.6 is 0 Å². The van der Waals surface area contributed by atoms with Crippen molar-refractivity contribution in [2.24, 2.45) is 4.99 Å². The maximum atomic E-state index is 10.0. The summed E-state index contributed by atoms with van der Waals surface area (Å²) in [4.78, 5) is 4.66. The molecule has 102 valence electrons. The summed E-state index contributed by atoms with van der Waals surface area (Å²) in [6, 6.07) is 11.9. The molecule has 0 saturated carbocycles. The summed E-state index contributed by atoms with van der Waals surface area (Å²) in [6.45, 7) is 2.85. The molecule has 0 aromatic heterocycles. The van der Waals surface area contributed by atoms with Gasteiger partial charge in [0, 0.05) is 17.7 Å². The zero-order valence-corrected chi connectivity index (χ0v) is 11.7. The van der Waals surface area contributed by atoms with Crippen LogP contribution in [0.25, 0.3) is 0 Å². The predicted molar refractivity (Wildman–Crippen MR) is 80.0 cm³/mol. The minimum atomic E-state index is 0.162. The third-order valence-corrected chi connectivity index (χ3v) is 3.71. The van der Waals surface area contributed by atoms with E-state index in [2.05, 4.69) is 24.0 Å². The molecule has 3 heteroatoms. The van der Waals surface area contributed by atoms with Crippen LogP contribution in [-0.4, -0.2) is 24.5 Å². The highest BCUT2D eigenvalue weighted by molar-refractivity contribution is 6.15. The average Bonchev–Trinajstić information content (AvgIpc) is 2.47. The Labute approximate surface area is 118 Å². The number of phenolic OH excluding ortho intramolecular Hbond substituents is 1. The molecule has 0 aliphatic carbocycles. The highest BCUT2D eigenvalue weighted by Crippen LogP contribution is 2.33. The van der Waals surface area contributed by atoms with Gasteiger partial charge in [0.2, 0.25) is 0 Å². The molecule has 1 heterocycles. The van der Waals surface area contributed by atoms with Crippen LogP contribution in [0.4, 0.5) is 0 Å². The van der Waals surface area contributed by atoms with Crippen molar-refractivity contribution in [1.82, 2.24) is 0 Å². The Morgan fingerprint density at radius 3 is 2.70 bits per heavy atom. The Balaban J connectivity index is 2.16. The maximum Gasteiger partial charge on any atom is 0.160 e. The summed E-state index contributed by atoms with van der Waals surface area (Å²) in [6.07, 6.45) is 0.876. The first-order valence-electron chi connectivity index (χ1n) is 6.71. The van der Waals surface area contributed by atoms with Crippen molar-refractivity contribution in [1.29, 1.82) is 0 Å². The largest absolute Gasteiger partial charge is 0.504 e. The first-order valence-corrected chi connectivity index (χ1v) is 6.71. The van der Waals surface area contributed by atoms with Gasteiger partial charge in [0.25, 0.3) is 0 Å². The number of nitrogens with zero attached hydrogens (tertiary/aromatic N) is 1. The van der Waals surface area contributed by atoms with Gasteiger partial charge in [-0.25, -0.2) is 0 Å². The fourth-order valence-corrected chi connectivity index (χ4v) is 2.64. The van der Waals surface area contributed by atoms with Crippen LogP contribution in [-0.2, 0) is 6.42 Å². The number of benzene rings is 2. The third kappa shape index (κ3) is 2.05. The van der Waals surface area contributed by atoms with Gasteiger partial charge in [-0.1, -0.05) is 24.3 Å². The van der Waals surface area contributed by atoms with Crippen LogP contribution in [0.5, 0.6) is 11.5 Å². The van der Waals surface area contributed by atoms with Gasteiger partial charge >= 0.3 is 0 Å². The molecule has 0 spiro atoms. The molecule has 0 amide bonds. The molecule has 20 heavy (non-hydrogen) atoms. The molecular formula is C17H17NO2. The Bertz CT molecular complexity index is 689. The highest BCUT2D eigenvalue weighted by atomic mass is 16.5. The first kappa shape index (κ1) is 12.7. The number of hydrogen-bond donors (Lipinski definition) is 1. The number of fused-ring (bicyclic) bond motifs is 1. The standard InChI is InChI=1S/C17H17NO2/c1-11-5-3-4-6-13(11)17-14-10-15(19)16(20-2)9-12(14)7-8-18-17/h3-6,9-10,19H,7-8H2,1-2H3. The van der Waals surface area contributed by atoms with Gasteiger partial charge in [-0.2, -0.15) is 0 Å². The quantitative estimate of drug-likeness (QED) is 0.908. The van der Waals surface area contributed by atoms with E-state index in [9.17, 15) is 5.11 Å². The molecular weight excluding hydrogens is 250 g/mol. The van der Waals surface area contributed by atoms with Gasteiger partial charge in [-0.3, -0.25) is 4.99 Å². The van der Waals surface area contributed by atoms with E-state index in [4.69, 9.17) is 4.74 Å². The van der Waals surface area contributed by atoms with Gasteiger partial charge in [0.05, 0.1) is 12.8 Å². The summed E-state index contributed by atoms with van der Waals surface area (Å²) < 4.78 is 5.19. The molecule has 0 fully saturated rings. The summed E-state index contributed by atoms with van der Waals surface area (Å²) in [5.74, 6) is 0.684. The zero-order chi connectivity index (χ0) is 14.1. The number of phenols is 1. The van der Waals surface area contributed by atoms with Crippen molar-refractivity contribution in [3.05, 3.63) is 58.7 Å². The second kappa shape index (κ2) is 5.00. The molecule has 2 aromatic carbocycles. The van der Waals surface area contributed by atoms with E-state index in [0.717, 1.165) is 29.8 Å². The topological polar surface area (TPSA) is 41.8 Å². The number of aromatic hydroxyl groups is 1. The summed E-state index contributed by atoms with van der Waals surface area (Å²) in [5, 5.41) is 10.0. The molecule has 0 radical (unpaired) electrons. The molecule has 2 aromatic rings. The molecule has 3 rings (SSSR count). The minimum Gasteiger partial charge on any atom is -0.504 e. The van der Waals surface area contributed by atoms with E-state index in [0.29, 0.717) is 5.75 Å². The SMILES string of the molecule is COc1cc2c(cc1O)C(c1ccccc1C)=NCC2. The van der Waals surface area contributed by atoms with Crippen LogP contribution in [0.1, 0.15) is 22.3 Å². The lowest BCUT2D eigenvalue weighted by molar-refractivity contribution is 0.373. The number of aliphatic imine (C=N–C) groups is 1. The second-order valence-electron chi connectivity index (χ2n) is 4.98. The number of hydrogen-bond acceptors (Lipinski definition) is 3. The first-order chi connectivity index (χ1) is 9.70. The highest BCUT2D eigenvalue weighted by Gasteiger charge is 2.19. The Kier molecular flexibility index (Phi) is 3.18. The summed E-state index contributed by atoms with van der Waals surface area (Å²) in [5.41, 5.74) is 5.45. The fraction of sp³-hybridized carbons (Fsp3) is 0.235. The van der Waals surface area contributed by atoms with E-state index in [-0.39, 0.29) is 5.75 Å². The molecule has 0 bridgehead atoms. The number of rotatable bonds is 2. The van der Waals surface area contributed by atoms with Crippen molar-refractivity contribution >= 4 is 5.71 Å². The monoisotopic (exact) mass is 267 g/mol. The maximum absolute atomic E-state index is 10.0. The van der Waals surface area contributed by atoms with Gasteiger partial charge in [-0.05, 0) is 36.6 Å². The lowest BCUT2D eigenvalue weighted by Gasteiger charge is -2.20. The number of methoxy groups -OCH3 is 1. The normalized spacial score (nSPS) is 13.6. The zero-order valence-electron chi connectivity index (χ0n) is 11.7. The van der Waals surface area contributed by atoms with E-state index in [1.54, 1.807) is 13.2 Å². The van der Waals surface area contributed by atoms with Crippen molar-refractivity contribution in [2.75, 3.05) is 13.7 Å². The van der Waals surface area contributed by atoms with Crippen molar-refractivity contribution < 1.29 is 9.84 Å². The van der Waals surface area contributed by atoms with E-state index in [1.165, 1.54) is 11.1 Å². The van der Waals surface area contributed by atoms with Crippen molar-refractivity contribution in [3.63, 3.8) is 0 Å². The van der Waals surface area contributed by atoms with Crippen LogP contribution in [0.3, 0.4) is 0 Å². The lowest BCUT2D eigenvalue weighted by atomic mass is 9.91. The fourth-order valence-electron chi connectivity index (χ4n) is 2.64. The average molecular weight is 267 g/mol. The van der Waals surface area contributed by atoms with Crippen LogP contribution in [0, 0.1) is 6.92 Å². The van der Waals surface area contributed by atoms with Gasteiger partial charge in [0.1, 0.15) is 0 Å². The third-order valence-electron chi connectivity index (χ3n) is 3.71. The van der Waals surface area contributed by atoms with Crippen LogP contribution < -0.4 is 4.74 Å². The number of ether oxygens (including phenoxy) is 1. The molecule has 0 unspecified atom stereocenters. The Morgan fingerprint density at radius 2 is 1.95 bits per heavy atom. The van der Waals surface area contributed by atoms with Crippen molar-refractivity contribution in [3.8, 4) is 11.5 Å². The van der Waals surface area contributed by atoms with Crippen LogP contribution in [0.15, 0.2) is 41.4 Å². The summed E-state index contributed by atoms with van der Waals surface area (Å²) in [7, 11) is 1.57. The Morgan fingerprint density at radius 1 is 1.15 bits per heavy atom. The smallest absolute Gasteiger partial charge is 0.160 e. The molecule has 0 atom stereocenters. The molecule has 1 aliphatic rings. The molecule has 1 N–H and O–H groups in total. The Hall–Kier alpha value is -2.29. The van der Waals surface area contributed by atoms with Gasteiger partial charge in [-0.15, -0.1) is 0 Å². The minimum absolute atomic E-state index is 0.162. The summed E-state index contributed by atoms with van der Waals surface area (Å²) >= 11 is 0. The van der Waals surface area contributed by atoms with E-state index >= 15 is 0 Å². The van der Waals surface area contributed by atoms with Gasteiger partial charge < -0.3 is 9.84 Å². The second-order valence-corrected chi connectivity index (χ2v) is 4.98. The van der Waals surface area contributed by atoms with Gasteiger partial charge in [0.15, 0.2) is 11.5 Å².